The maximum atomic E-state index is 12.2. The first-order chi connectivity index (χ1) is 11.0. The van der Waals surface area contributed by atoms with E-state index in [0.29, 0.717) is 24.3 Å². The van der Waals surface area contributed by atoms with Crippen LogP contribution in [-0.2, 0) is 11.3 Å². The number of carbonyl (C=O) groups excluding carboxylic acids is 2. The third-order valence-corrected chi connectivity index (χ3v) is 3.27. The highest BCUT2D eigenvalue weighted by molar-refractivity contribution is 6.03. The van der Waals surface area contributed by atoms with Crippen LogP contribution in [0.2, 0.25) is 0 Å². The summed E-state index contributed by atoms with van der Waals surface area (Å²) in [5, 5.41) is 9.71. The van der Waals surface area contributed by atoms with Crippen LogP contribution in [0.5, 0.6) is 0 Å². The molecule has 23 heavy (non-hydrogen) atoms. The first kappa shape index (κ1) is 16.7. The Labute approximate surface area is 134 Å². The van der Waals surface area contributed by atoms with E-state index in [9.17, 15) is 9.59 Å². The zero-order valence-corrected chi connectivity index (χ0v) is 13.3. The molecule has 4 N–H and O–H groups in total. The molecule has 2 rings (SSSR count). The van der Waals surface area contributed by atoms with Crippen LogP contribution in [-0.4, -0.2) is 34.7 Å². The van der Waals surface area contributed by atoms with E-state index in [1.165, 1.54) is 0 Å². The largest absolute Gasteiger partial charge is 0.351 e. The number of benzene rings is 1. The second kappa shape index (κ2) is 7.55. The molecule has 7 nitrogen and oxygen atoms in total. The molecular formula is C16H21N5O2. The third-order valence-electron chi connectivity index (χ3n) is 3.27. The molecule has 0 unspecified atom stereocenters. The third kappa shape index (κ3) is 4.40. The van der Waals surface area contributed by atoms with E-state index in [1.54, 1.807) is 28.9 Å². The fraction of sp³-hybridized carbons (Fsp3) is 0.312. The van der Waals surface area contributed by atoms with Gasteiger partial charge < -0.3 is 16.4 Å². The number of nitrogens with zero attached hydrogens (tertiary/aromatic N) is 2. The number of aromatic nitrogens is 2. The topological polar surface area (TPSA) is 102 Å². The molecule has 0 aliphatic carbocycles. The van der Waals surface area contributed by atoms with E-state index in [0.717, 1.165) is 11.4 Å². The lowest BCUT2D eigenvalue weighted by Crippen LogP contribution is -2.30. The Hall–Kier alpha value is -2.67. The van der Waals surface area contributed by atoms with Gasteiger partial charge in [-0.15, -0.1) is 0 Å². The predicted octanol–water partition coefficient (Wildman–Crippen LogP) is 0.827. The van der Waals surface area contributed by atoms with E-state index in [4.69, 9.17) is 5.73 Å². The predicted molar refractivity (Wildman–Crippen MR) is 88.2 cm³/mol. The standard InChI is InChI=1S/C16H21N5O2/c1-11-9-12(2)21(20-11)10-15(22)19-14-6-4-3-5-13(14)16(23)18-8-7-17/h3-6,9H,7-8,10,17H2,1-2H3,(H,18,23)(H,19,22). The van der Waals surface area contributed by atoms with Crippen molar-refractivity contribution in [1.82, 2.24) is 15.1 Å². The minimum atomic E-state index is -0.266. The highest BCUT2D eigenvalue weighted by atomic mass is 16.2. The van der Waals surface area contributed by atoms with E-state index in [2.05, 4.69) is 15.7 Å². The molecule has 1 aromatic carbocycles. The molecule has 1 aromatic heterocycles. The van der Waals surface area contributed by atoms with E-state index in [1.807, 2.05) is 19.9 Å². The molecular weight excluding hydrogens is 294 g/mol. The molecule has 0 saturated carbocycles. The zero-order chi connectivity index (χ0) is 16.8. The van der Waals surface area contributed by atoms with Crippen molar-refractivity contribution < 1.29 is 9.59 Å². The number of aryl methyl sites for hydroxylation is 2. The van der Waals surface area contributed by atoms with Crippen molar-refractivity contribution in [2.75, 3.05) is 18.4 Å². The second-order valence-electron chi connectivity index (χ2n) is 5.22. The summed E-state index contributed by atoms with van der Waals surface area (Å²) in [7, 11) is 0. The van der Waals surface area contributed by atoms with Crippen molar-refractivity contribution >= 4 is 17.5 Å². The summed E-state index contributed by atoms with van der Waals surface area (Å²) in [5.41, 5.74) is 8.02. The van der Waals surface area contributed by atoms with Crippen molar-refractivity contribution in [3.63, 3.8) is 0 Å². The smallest absolute Gasteiger partial charge is 0.253 e. The molecule has 0 aliphatic heterocycles. The van der Waals surface area contributed by atoms with Crippen LogP contribution in [0.15, 0.2) is 30.3 Å². The molecule has 0 aliphatic rings. The number of hydrogen-bond donors (Lipinski definition) is 3. The lowest BCUT2D eigenvalue weighted by molar-refractivity contribution is -0.116. The Morgan fingerprint density at radius 2 is 2.00 bits per heavy atom. The monoisotopic (exact) mass is 315 g/mol. The van der Waals surface area contributed by atoms with Gasteiger partial charge in [-0.25, -0.2) is 0 Å². The molecule has 0 fully saturated rings. The van der Waals surface area contributed by atoms with Gasteiger partial charge in [-0.1, -0.05) is 12.1 Å². The Balaban J connectivity index is 2.09. The van der Waals surface area contributed by atoms with Gasteiger partial charge in [0.05, 0.1) is 16.9 Å². The summed E-state index contributed by atoms with van der Waals surface area (Å²) in [6, 6.07) is 8.76. The van der Waals surface area contributed by atoms with Crippen molar-refractivity contribution in [2.45, 2.75) is 20.4 Å². The van der Waals surface area contributed by atoms with E-state index in [-0.39, 0.29) is 18.4 Å². The van der Waals surface area contributed by atoms with Gasteiger partial charge in [-0.05, 0) is 32.0 Å². The van der Waals surface area contributed by atoms with Gasteiger partial charge in [-0.3, -0.25) is 14.3 Å². The Kier molecular flexibility index (Phi) is 5.48. The molecule has 1 heterocycles. The molecule has 0 bridgehead atoms. The van der Waals surface area contributed by atoms with Gasteiger partial charge in [0.25, 0.3) is 5.91 Å². The summed E-state index contributed by atoms with van der Waals surface area (Å²) in [6.07, 6.45) is 0. The minimum Gasteiger partial charge on any atom is -0.351 e. The van der Waals surface area contributed by atoms with Gasteiger partial charge in [0.2, 0.25) is 5.91 Å². The summed E-state index contributed by atoms with van der Waals surface area (Å²) >= 11 is 0. The number of nitrogens with two attached hydrogens (primary N) is 1. The number of hydrogen-bond acceptors (Lipinski definition) is 4. The van der Waals surface area contributed by atoms with Gasteiger partial charge in [0.1, 0.15) is 6.54 Å². The summed E-state index contributed by atoms with van der Waals surface area (Å²) in [4.78, 5) is 24.3. The average Bonchev–Trinajstić information content (AvgIpc) is 2.82. The fourth-order valence-electron chi connectivity index (χ4n) is 2.23. The van der Waals surface area contributed by atoms with Crippen LogP contribution in [0.4, 0.5) is 5.69 Å². The normalized spacial score (nSPS) is 10.4. The van der Waals surface area contributed by atoms with Gasteiger partial charge in [0, 0.05) is 18.8 Å². The maximum absolute atomic E-state index is 12.2. The molecule has 2 amide bonds. The maximum Gasteiger partial charge on any atom is 0.253 e. The lowest BCUT2D eigenvalue weighted by atomic mass is 10.1. The van der Waals surface area contributed by atoms with Crippen LogP contribution in [0.3, 0.4) is 0 Å². The van der Waals surface area contributed by atoms with Crippen molar-refractivity contribution in [2.24, 2.45) is 5.73 Å². The average molecular weight is 315 g/mol. The molecule has 0 spiro atoms. The van der Waals surface area contributed by atoms with Crippen molar-refractivity contribution in [1.29, 1.82) is 0 Å². The number of anilines is 1. The van der Waals surface area contributed by atoms with Gasteiger partial charge in [0.15, 0.2) is 0 Å². The van der Waals surface area contributed by atoms with Crippen LogP contribution in [0.1, 0.15) is 21.7 Å². The van der Waals surface area contributed by atoms with Crippen LogP contribution in [0.25, 0.3) is 0 Å². The first-order valence-electron chi connectivity index (χ1n) is 7.39. The summed E-state index contributed by atoms with van der Waals surface area (Å²) in [6.45, 7) is 4.60. The van der Waals surface area contributed by atoms with E-state index >= 15 is 0 Å². The molecule has 0 saturated heterocycles. The Bertz CT molecular complexity index is 708. The van der Waals surface area contributed by atoms with Crippen LogP contribution >= 0.6 is 0 Å². The zero-order valence-electron chi connectivity index (χ0n) is 13.3. The molecule has 0 radical (unpaired) electrons. The fourth-order valence-corrected chi connectivity index (χ4v) is 2.23. The Morgan fingerprint density at radius 1 is 1.26 bits per heavy atom. The van der Waals surface area contributed by atoms with Crippen LogP contribution < -0.4 is 16.4 Å². The molecule has 7 heteroatoms. The van der Waals surface area contributed by atoms with Gasteiger partial charge in [-0.2, -0.15) is 5.10 Å². The molecule has 122 valence electrons. The summed E-state index contributed by atoms with van der Waals surface area (Å²) < 4.78 is 1.63. The molecule has 2 aromatic rings. The van der Waals surface area contributed by atoms with Crippen molar-refractivity contribution in [3.8, 4) is 0 Å². The van der Waals surface area contributed by atoms with Crippen LogP contribution in [0, 0.1) is 13.8 Å². The second-order valence-corrected chi connectivity index (χ2v) is 5.22. The quantitative estimate of drug-likeness (QED) is 0.734. The minimum absolute atomic E-state index is 0.0957. The van der Waals surface area contributed by atoms with E-state index < -0.39 is 0 Å². The summed E-state index contributed by atoms with van der Waals surface area (Å²) in [5.74, 6) is -0.507. The SMILES string of the molecule is Cc1cc(C)n(CC(=O)Nc2ccccc2C(=O)NCCN)n1. The first-order valence-corrected chi connectivity index (χ1v) is 7.39. The van der Waals surface area contributed by atoms with Gasteiger partial charge >= 0.3 is 0 Å². The number of carbonyl (C=O) groups is 2. The Morgan fingerprint density at radius 3 is 2.65 bits per heavy atom. The highest BCUT2D eigenvalue weighted by Gasteiger charge is 2.13. The number of rotatable bonds is 6. The number of amides is 2. The highest BCUT2D eigenvalue weighted by Crippen LogP contribution is 2.15. The molecule has 0 atom stereocenters. The van der Waals surface area contributed by atoms with Crippen molar-refractivity contribution in [3.05, 3.63) is 47.3 Å². The lowest BCUT2D eigenvalue weighted by Gasteiger charge is -2.11. The number of nitrogens with one attached hydrogen (secondary N) is 2. The number of para-hydroxylation sites is 1.